The molecule has 5 nitrogen and oxygen atoms in total. The van der Waals surface area contributed by atoms with Crippen molar-refractivity contribution < 1.29 is 4.79 Å². The van der Waals surface area contributed by atoms with Crippen molar-refractivity contribution >= 4 is 17.4 Å². The van der Waals surface area contributed by atoms with E-state index in [0.29, 0.717) is 11.5 Å². The lowest BCUT2D eigenvalue weighted by atomic mass is 9.93. The van der Waals surface area contributed by atoms with Crippen molar-refractivity contribution in [2.45, 2.75) is 6.42 Å². The van der Waals surface area contributed by atoms with Gasteiger partial charge in [0.2, 0.25) is 0 Å². The Bertz CT molecular complexity index is 712. The van der Waals surface area contributed by atoms with Crippen LogP contribution in [0.5, 0.6) is 0 Å². The number of hydrogen-bond donors (Lipinski definition) is 1. The van der Waals surface area contributed by atoms with Gasteiger partial charge < -0.3 is 15.1 Å². The highest BCUT2D eigenvalue weighted by molar-refractivity contribution is 5.93. The second-order valence-corrected chi connectivity index (χ2v) is 6.59. The number of carbonyl (C=O) groups is 1. The second kappa shape index (κ2) is 6.91. The summed E-state index contributed by atoms with van der Waals surface area (Å²) in [4.78, 5) is 20.1. The maximum Gasteiger partial charge on any atom is 0.254 e. The van der Waals surface area contributed by atoms with E-state index >= 15 is 0 Å². The van der Waals surface area contributed by atoms with E-state index in [4.69, 9.17) is 0 Å². The van der Waals surface area contributed by atoms with E-state index in [0.717, 1.165) is 25.3 Å². The Hall–Kier alpha value is -2.56. The Morgan fingerprint density at radius 2 is 2.08 bits per heavy atom. The molecule has 1 unspecified atom stereocenters. The van der Waals surface area contributed by atoms with Gasteiger partial charge in [-0.2, -0.15) is 0 Å². The van der Waals surface area contributed by atoms with Gasteiger partial charge in [-0.15, -0.1) is 0 Å². The van der Waals surface area contributed by atoms with Gasteiger partial charge in [-0.1, -0.05) is 18.2 Å². The fraction of sp³-hybridized carbons (Fsp3) is 0.368. The number of carbonyl (C=O) groups excluding carboxylic acids is 1. The van der Waals surface area contributed by atoms with E-state index in [2.05, 4.69) is 46.5 Å². The number of rotatable bonds is 4. The molecule has 1 aromatic heterocycles. The predicted octanol–water partition coefficient (Wildman–Crippen LogP) is 2.50. The van der Waals surface area contributed by atoms with Crippen LogP contribution in [0.1, 0.15) is 15.9 Å². The summed E-state index contributed by atoms with van der Waals surface area (Å²) >= 11 is 0. The molecule has 2 heterocycles. The number of aromatic nitrogens is 1. The Labute approximate surface area is 143 Å². The molecule has 0 radical (unpaired) electrons. The standard InChI is InChI=1S/C19H24N4O/c1-22(2)19(24)16-8-9-18(21-12-16)20-11-14-10-15-6-4-5-7-17(15)23(3)13-14/h4-9,12,14H,10-11,13H2,1-3H3,(H,20,21). The lowest BCUT2D eigenvalue weighted by Crippen LogP contribution is -2.35. The smallest absolute Gasteiger partial charge is 0.254 e. The highest BCUT2D eigenvalue weighted by Gasteiger charge is 2.21. The topological polar surface area (TPSA) is 48.5 Å². The largest absolute Gasteiger partial charge is 0.374 e. The predicted molar refractivity (Wildman–Crippen MR) is 97.7 cm³/mol. The molecule has 2 aromatic rings. The first kappa shape index (κ1) is 16.3. The number of hydrogen-bond acceptors (Lipinski definition) is 4. The van der Waals surface area contributed by atoms with Crippen molar-refractivity contribution in [1.82, 2.24) is 9.88 Å². The van der Waals surface area contributed by atoms with Gasteiger partial charge >= 0.3 is 0 Å². The van der Waals surface area contributed by atoms with Crippen molar-refractivity contribution in [3.63, 3.8) is 0 Å². The molecule has 0 fully saturated rings. The van der Waals surface area contributed by atoms with Crippen molar-refractivity contribution in [1.29, 1.82) is 0 Å². The molecule has 1 amide bonds. The highest BCUT2D eigenvalue weighted by atomic mass is 16.2. The molecule has 1 aliphatic rings. The second-order valence-electron chi connectivity index (χ2n) is 6.59. The summed E-state index contributed by atoms with van der Waals surface area (Å²) in [7, 11) is 5.63. The van der Waals surface area contributed by atoms with Gasteiger partial charge in [0.15, 0.2) is 0 Å². The summed E-state index contributed by atoms with van der Waals surface area (Å²) in [6, 6.07) is 12.3. The van der Waals surface area contributed by atoms with Gasteiger partial charge in [-0.05, 0) is 36.1 Å². The first-order valence-electron chi connectivity index (χ1n) is 8.25. The minimum atomic E-state index is -0.0282. The molecular weight excluding hydrogens is 300 g/mol. The molecule has 1 atom stereocenters. The van der Waals surface area contributed by atoms with Crippen molar-refractivity contribution in [3.8, 4) is 0 Å². The lowest BCUT2D eigenvalue weighted by molar-refractivity contribution is 0.0827. The minimum Gasteiger partial charge on any atom is -0.374 e. The molecule has 3 rings (SSSR count). The number of fused-ring (bicyclic) bond motifs is 1. The zero-order valence-corrected chi connectivity index (χ0v) is 14.5. The van der Waals surface area contributed by atoms with Gasteiger partial charge in [0.25, 0.3) is 5.91 Å². The monoisotopic (exact) mass is 324 g/mol. The number of amides is 1. The summed E-state index contributed by atoms with van der Waals surface area (Å²) in [6.07, 6.45) is 2.71. The third kappa shape index (κ3) is 3.50. The number of anilines is 2. The van der Waals surface area contributed by atoms with Crippen LogP contribution in [-0.2, 0) is 6.42 Å². The fourth-order valence-electron chi connectivity index (χ4n) is 3.19. The maximum atomic E-state index is 11.9. The van der Waals surface area contributed by atoms with Crippen LogP contribution >= 0.6 is 0 Å². The van der Waals surface area contributed by atoms with Crippen LogP contribution in [-0.4, -0.2) is 50.0 Å². The summed E-state index contributed by atoms with van der Waals surface area (Å²) in [5.41, 5.74) is 3.34. The molecule has 5 heteroatoms. The molecule has 0 bridgehead atoms. The van der Waals surface area contributed by atoms with E-state index in [9.17, 15) is 4.79 Å². The average Bonchev–Trinajstić information content (AvgIpc) is 2.60. The summed E-state index contributed by atoms with van der Waals surface area (Å²) in [5.74, 6) is 1.32. The average molecular weight is 324 g/mol. The summed E-state index contributed by atoms with van der Waals surface area (Å²) < 4.78 is 0. The SMILES string of the molecule is CN(C)C(=O)c1ccc(NCC2Cc3ccccc3N(C)C2)nc1. The van der Waals surface area contributed by atoms with E-state index in [1.165, 1.54) is 11.3 Å². The molecule has 0 saturated carbocycles. The van der Waals surface area contributed by atoms with Crippen LogP contribution < -0.4 is 10.2 Å². The molecule has 126 valence electrons. The number of nitrogens with one attached hydrogen (secondary N) is 1. The number of para-hydroxylation sites is 1. The van der Waals surface area contributed by atoms with E-state index < -0.39 is 0 Å². The molecule has 1 aromatic carbocycles. The van der Waals surface area contributed by atoms with Crippen LogP contribution in [0.3, 0.4) is 0 Å². The van der Waals surface area contributed by atoms with Crippen LogP contribution in [0.2, 0.25) is 0 Å². The third-order valence-electron chi connectivity index (χ3n) is 4.43. The van der Waals surface area contributed by atoms with Gasteiger partial charge in [0, 0.05) is 46.1 Å². The highest BCUT2D eigenvalue weighted by Crippen LogP contribution is 2.28. The number of benzene rings is 1. The Kier molecular flexibility index (Phi) is 4.69. The zero-order chi connectivity index (χ0) is 17.1. The van der Waals surface area contributed by atoms with Crippen LogP contribution in [0.25, 0.3) is 0 Å². The van der Waals surface area contributed by atoms with E-state index in [-0.39, 0.29) is 5.91 Å². The first-order valence-corrected chi connectivity index (χ1v) is 8.25. The molecule has 0 saturated heterocycles. The Morgan fingerprint density at radius 1 is 1.29 bits per heavy atom. The van der Waals surface area contributed by atoms with Gasteiger partial charge in [-0.25, -0.2) is 4.98 Å². The molecular formula is C19H24N4O. The van der Waals surface area contributed by atoms with Gasteiger partial charge in [0.1, 0.15) is 5.82 Å². The normalized spacial score (nSPS) is 16.5. The summed E-state index contributed by atoms with van der Waals surface area (Å²) in [6.45, 7) is 1.90. The number of pyridine rings is 1. The van der Waals surface area contributed by atoms with E-state index in [1.807, 2.05) is 12.1 Å². The van der Waals surface area contributed by atoms with Crippen LogP contribution in [0.4, 0.5) is 11.5 Å². The van der Waals surface area contributed by atoms with Gasteiger partial charge in [-0.3, -0.25) is 4.79 Å². The Balaban J connectivity index is 1.60. The molecule has 1 N–H and O–H groups in total. The van der Waals surface area contributed by atoms with Gasteiger partial charge in [0.05, 0.1) is 5.56 Å². The molecule has 0 spiro atoms. The maximum absolute atomic E-state index is 11.9. The quantitative estimate of drug-likeness (QED) is 0.939. The molecule has 24 heavy (non-hydrogen) atoms. The lowest BCUT2D eigenvalue weighted by Gasteiger charge is -2.33. The zero-order valence-electron chi connectivity index (χ0n) is 14.5. The first-order chi connectivity index (χ1) is 11.5. The Morgan fingerprint density at radius 3 is 2.79 bits per heavy atom. The minimum absolute atomic E-state index is 0.0282. The summed E-state index contributed by atoms with van der Waals surface area (Å²) in [5, 5.41) is 3.40. The third-order valence-corrected chi connectivity index (χ3v) is 4.43. The van der Waals surface area contributed by atoms with Crippen molar-refractivity contribution in [2.75, 3.05) is 44.4 Å². The molecule has 0 aliphatic carbocycles. The van der Waals surface area contributed by atoms with Crippen molar-refractivity contribution in [3.05, 3.63) is 53.7 Å². The van der Waals surface area contributed by atoms with Crippen LogP contribution in [0.15, 0.2) is 42.6 Å². The van der Waals surface area contributed by atoms with Crippen molar-refractivity contribution in [2.24, 2.45) is 5.92 Å². The fourth-order valence-corrected chi connectivity index (χ4v) is 3.19. The molecule has 1 aliphatic heterocycles. The van der Waals surface area contributed by atoms with E-state index in [1.54, 1.807) is 25.2 Å². The number of nitrogens with zero attached hydrogens (tertiary/aromatic N) is 3. The van der Waals surface area contributed by atoms with Crippen LogP contribution in [0, 0.1) is 5.92 Å².